The molecule has 0 aromatic heterocycles. The number of hydrogen-bond donors (Lipinski definition) is 2. The van der Waals surface area contributed by atoms with E-state index < -0.39 is 0 Å². The van der Waals surface area contributed by atoms with Crippen molar-refractivity contribution in [2.75, 3.05) is 18.8 Å². The van der Waals surface area contributed by atoms with E-state index in [0.717, 1.165) is 25.3 Å². The lowest BCUT2D eigenvalue weighted by molar-refractivity contribution is 0.269. The molecule has 1 atom stereocenters. The Hall–Kier alpha value is -1.07. The van der Waals surface area contributed by atoms with Crippen LogP contribution < -0.4 is 5.73 Å². The van der Waals surface area contributed by atoms with Crippen LogP contribution in [0.4, 0.5) is 4.39 Å². The first-order chi connectivity index (χ1) is 9.10. The molecule has 19 heavy (non-hydrogen) atoms. The Kier molecular flexibility index (Phi) is 4.82. The number of amidine groups is 1. The molecule has 5 heteroatoms. The first-order valence-corrected chi connectivity index (χ1v) is 7.61. The standard InChI is InChI=1S/C14H20FN3S/c1-2-12-9-18(5-6-19-12)8-11-4-3-10(14(16)17)7-13(11)15/h3-4,7,12H,2,5-6,8-9H2,1H3,(H3,16,17). The number of halogens is 1. The molecule has 1 fully saturated rings. The normalized spacial score (nSPS) is 20.4. The first kappa shape index (κ1) is 14.3. The van der Waals surface area contributed by atoms with Crippen LogP contribution in [0, 0.1) is 11.2 Å². The smallest absolute Gasteiger partial charge is 0.128 e. The topological polar surface area (TPSA) is 53.1 Å². The van der Waals surface area contributed by atoms with Gasteiger partial charge in [0.2, 0.25) is 0 Å². The summed E-state index contributed by atoms with van der Waals surface area (Å²) < 4.78 is 14.0. The van der Waals surface area contributed by atoms with Gasteiger partial charge in [-0.3, -0.25) is 10.3 Å². The molecule has 1 aromatic rings. The first-order valence-electron chi connectivity index (χ1n) is 6.57. The number of benzene rings is 1. The number of nitrogens with two attached hydrogens (primary N) is 1. The van der Waals surface area contributed by atoms with E-state index >= 15 is 0 Å². The predicted molar refractivity (Wildman–Crippen MR) is 79.2 cm³/mol. The van der Waals surface area contributed by atoms with E-state index in [0.29, 0.717) is 22.9 Å². The summed E-state index contributed by atoms with van der Waals surface area (Å²) in [6, 6.07) is 4.82. The third kappa shape index (κ3) is 3.70. The molecule has 104 valence electrons. The third-order valence-electron chi connectivity index (χ3n) is 3.44. The molecule has 1 saturated heterocycles. The summed E-state index contributed by atoms with van der Waals surface area (Å²) in [5, 5.41) is 7.97. The fraction of sp³-hybridized carbons (Fsp3) is 0.500. The summed E-state index contributed by atoms with van der Waals surface area (Å²) in [6.45, 7) is 4.87. The Bertz CT molecular complexity index is 464. The van der Waals surface area contributed by atoms with Crippen molar-refractivity contribution in [1.82, 2.24) is 4.90 Å². The molecule has 0 aliphatic carbocycles. The van der Waals surface area contributed by atoms with Gasteiger partial charge in [-0.15, -0.1) is 0 Å². The average molecular weight is 281 g/mol. The molecule has 0 amide bonds. The van der Waals surface area contributed by atoms with Crippen molar-refractivity contribution in [2.45, 2.75) is 25.1 Å². The molecule has 0 bridgehead atoms. The number of thioether (sulfide) groups is 1. The molecule has 1 aliphatic heterocycles. The Morgan fingerprint density at radius 3 is 3.00 bits per heavy atom. The molecule has 0 saturated carbocycles. The van der Waals surface area contributed by atoms with Crippen LogP contribution in [0.3, 0.4) is 0 Å². The Morgan fingerprint density at radius 2 is 2.37 bits per heavy atom. The van der Waals surface area contributed by atoms with E-state index in [9.17, 15) is 4.39 Å². The van der Waals surface area contributed by atoms with Gasteiger partial charge in [0.1, 0.15) is 11.7 Å². The number of hydrogen-bond acceptors (Lipinski definition) is 3. The molecule has 1 aromatic carbocycles. The largest absolute Gasteiger partial charge is 0.384 e. The minimum Gasteiger partial charge on any atom is -0.384 e. The minimum atomic E-state index is -0.265. The van der Waals surface area contributed by atoms with Crippen LogP contribution >= 0.6 is 11.8 Å². The van der Waals surface area contributed by atoms with E-state index in [1.54, 1.807) is 12.1 Å². The van der Waals surface area contributed by atoms with Gasteiger partial charge in [0.05, 0.1) is 0 Å². The zero-order valence-corrected chi connectivity index (χ0v) is 12.0. The summed E-state index contributed by atoms with van der Waals surface area (Å²) in [7, 11) is 0. The van der Waals surface area contributed by atoms with Crippen molar-refractivity contribution in [1.29, 1.82) is 5.41 Å². The Morgan fingerprint density at radius 1 is 1.58 bits per heavy atom. The predicted octanol–water partition coefficient (Wildman–Crippen LogP) is 2.44. The van der Waals surface area contributed by atoms with E-state index in [-0.39, 0.29) is 11.7 Å². The molecule has 1 unspecified atom stereocenters. The van der Waals surface area contributed by atoms with Gasteiger partial charge in [0.25, 0.3) is 0 Å². The van der Waals surface area contributed by atoms with Gasteiger partial charge >= 0.3 is 0 Å². The highest BCUT2D eigenvalue weighted by Gasteiger charge is 2.19. The lowest BCUT2D eigenvalue weighted by atomic mass is 10.1. The summed E-state index contributed by atoms with van der Waals surface area (Å²) in [5.74, 6) is 0.760. The van der Waals surface area contributed by atoms with Crippen molar-refractivity contribution in [3.8, 4) is 0 Å². The average Bonchev–Trinajstić information content (AvgIpc) is 2.41. The van der Waals surface area contributed by atoms with Crippen molar-refractivity contribution in [3.63, 3.8) is 0 Å². The maximum absolute atomic E-state index is 14.0. The molecular weight excluding hydrogens is 261 g/mol. The fourth-order valence-electron chi connectivity index (χ4n) is 2.25. The van der Waals surface area contributed by atoms with Crippen molar-refractivity contribution in [3.05, 3.63) is 35.1 Å². The van der Waals surface area contributed by atoms with Crippen LogP contribution in [0.2, 0.25) is 0 Å². The Balaban J connectivity index is 2.04. The lowest BCUT2D eigenvalue weighted by Gasteiger charge is -2.31. The highest BCUT2D eigenvalue weighted by molar-refractivity contribution is 8.00. The highest BCUT2D eigenvalue weighted by Crippen LogP contribution is 2.23. The van der Waals surface area contributed by atoms with Crippen molar-refractivity contribution >= 4 is 17.6 Å². The van der Waals surface area contributed by atoms with E-state index in [1.807, 2.05) is 11.8 Å². The van der Waals surface area contributed by atoms with Gasteiger partial charge in [-0.2, -0.15) is 11.8 Å². The van der Waals surface area contributed by atoms with Gasteiger partial charge in [-0.25, -0.2) is 4.39 Å². The monoisotopic (exact) mass is 281 g/mol. The maximum atomic E-state index is 14.0. The quantitative estimate of drug-likeness (QED) is 0.658. The maximum Gasteiger partial charge on any atom is 0.128 e. The second-order valence-electron chi connectivity index (χ2n) is 4.86. The number of nitrogen functional groups attached to an aromatic ring is 1. The van der Waals surface area contributed by atoms with Crippen LogP contribution in [-0.2, 0) is 6.54 Å². The fourth-order valence-corrected chi connectivity index (χ4v) is 3.50. The van der Waals surface area contributed by atoms with Crippen molar-refractivity contribution < 1.29 is 4.39 Å². The Labute approximate surface area is 117 Å². The SMILES string of the molecule is CCC1CN(Cc2ccc(C(=N)N)cc2F)CCS1. The number of rotatable bonds is 4. The molecule has 2 rings (SSSR count). The minimum absolute atomic E-state index is 0.0918. The number of nitrogens with one attached hydrogen (secondary N) is 1. The molecule has 3 N–H and O–H groups in total. The van der Waals surface area contributed by atoms with Crippen molar-refractivity contribution in [2.24, 2.45) is 5.73 Å². The van der Waals surface area contributed by atoms with Gasteiger partial charge in [0.15, 0.2) is 0 Å². The van der Waals surface area contributed by atoms with E-state index in [2.05, 4.69) is 11.8 Å². The van der Waals surface area contributed by atoms with Crippen LogP contribution in [0.5, 0.6) is 0 Å². The van der Waals surface area contributed by atoms with E-state index in [4.69, 9.17) is 11.1 Å². The molecule has 1 aliphatic rings. The van der Waals surface area contributed by atoms with Crippen LogP contribution in [0.25, 0.3) is 0 Å². The third-order valence-corrected chi connectivity index (χ3v) is 4.81. The van der Waals surface area contributed by atoms with Gasteiger partial charge in [-0.05, 0) is 12.5 Å². The number of nitrogens with zero attached hydrogens (tertiary/aromatic N) is 1. The van der Waals surface area contributed by atoms with E-state index in [1.165, 1.54) is 6.07 Å². The summed E-state index contributed by atoms with van der Waals surface area (Å²) in [4.78, 5) is 2.30. The van der Waals surface area contributed by atoms with Crippen LogP contribution in [-0.4, -0.2) is 34.8 Å². The lowest BCUT2D eigenvalue weighted by Crippen LogP contribution is -2.37. The van der Waals surface area contributed by atoms with Gasteiger partial charge < -0.3 is 5.73 Å². The zero-order chi connectivity index (χ0) is 13.8. The van der Waals surface area contributed by atoms with Gasteiger partial charge in [-0.1, -0.05) is 19.1 Å². The molecule has 3 nitrogen and oxygen atoms in total. The molecule has 0 spiro atoms. The van der Waals surface area contributed by atoms with Crippen LogP contribution in [0.1, 0.15) is 24.5 Å². The summed E-state index contributed by atoms with van der Waals surface area (Å²) >= 11 is 2.01. The summed E-state index contributed by atoms with van der Waals surface area (Å²) in [5.41, 5.74) is 6.49. The van der Waals surface area contributed by atoms with Gasteiger partial charge in [0, 0.05) is 41.8 Å². The van der Waals surface area contributed by atoms with Crippen LogP contribution in [0.15, 0.2) is 18.2 Å². The second kappa shape index (κ2) is 6.39. The molecule has 0 radical (unpaired) electrons. The molecular formula is C14H20FN3S. The summed E-state index contributed by atoms with van der Waals surface area (Å²) in [6.07, 6.45) is 1.16. The highest BCUT2D eigenvalue weighted by atomic mass is 32.2. The second-order valence-corrected chi connectivity index (χ2v) is 6.26. The zero-order valence-electron chi connectivity index (χ0n) is 11.2. The molecule has 1 heterocycles.